The second-order valence-electron chi connectivity index (χ2n) is 8.03. The van der Waals surface area contributed by atoms with Gasteiger partial charge in [0, 0.05) is 30.1 Å². The molecule has 3 rings (SSSR count). The van der Waals surface area contributed by atoms with Crippen LogP contribution in [0.1, 0.15) is 41.3 Å². The van der Waals surface area contributed by atoms with Crippen LogP contribution < -0.4 is 5.32 Å². The van der Waals surface area contributed by atoms with Crippen molar-refractivity contribution in [2.45, 2.75) is 44.7 Å². The highest BCUT2D eigenvalue weighted by atomic mass is 19.3. The molecule has 2 N–H and O–H groups in total. The summed E-state index contributed by atoms with van der Waals surface area (Å²) < 4.78 is 58.1. The number of rotatable bonds is 5. The number of alkyl halides is 2. The Morgan fingerprint density at radius 2 is 1.79 bits per heavy atom. The van der Waals surface area contributed by atoms with E-state index in [2.05, 4.69) is 5.32 Å². The van der Waals surface area contributed by atoms with Crippen molar-refractivity contribution in [2.75, 3.05) is 11.9 Å². The Bertz CT molecular complexity index is 1110. The average Bonchev–Trinajstić information content (AvgIpc) is 2.75. The third kappa shape index (κ3) is 4.90. The summed E-state index contributed by atoms with van der Waals surface area (Å²) in [5.41, 5.74) is -1.21. The molecule has 33 heavy (non-hydrogen) atoms. The van der Waals surface area contributed by atoms with Crippen LogP contribution in [0.25, 0.3) is 0 Å². The van der Waals surface area contributed by atoms with Crippen molar-refractivity contribution in [2.24, 2.45) is 0 Å². The van der Waals surface area contributed by atoms with E-state index in [4.69, 9.17) is 0 Å². The van der Waals surface area contributed by atoms with Crippen LogP contribution in [0.15, 0.2) is 36.4 Å². The van der Waals surface area contributed by atoms with Crippen molar-refractivity contribution < 1.29 is 37.1 Å². The number of carbonyl (C=O) groups is 3. The van der Waals surface area contributed by atoms with Gasteiger partial charge in [-0.2, -0.15) is 8.78 Å². The van der Waals surface area contributed by atoms with E-state index in [9.17, 15) is 28.3 Å². The molecule has 2 amide bonds. The lowest BCUT2D eigenvalue weighted by atomic mass is 9.93. The number of likely N-dealkylation sites (tertiary alicyclic amines) is 1. The maximum absolute atomic E-state index is 15.2. The average molecular weight is 466 g/mol. The molecule has 0 aromatic heterocycles. The standard InChI is InChI=1S/C23H22F4N2O4/c1-12-7-15(4-6-19(12)24)28-21(32)14-3-5-20(25)18(9-14)23(26,27)22(33)29-13(2)8-17(31)10-16(29)11-30/h3-7,9,13,16,30H,8,10-11H2,1-2H3,(H,28,32)/t13-,16-/m1/s1. The molecule has 0 aliphatic carbocycles. The predicted octanol–water partition coefficient (Wildman–Crippen LogP) is 3.56. The van der Waals surface area contributed by atoms with E-state index >= 15 is 8.78 Å². The highest BCUT2D eigenvalue weighted by molar-refractivity contribution is 6.04. The van der Waals surface area contributed by atoms with Crippen molar-refractivity contribution in [1.82, 2.24) is 4.90 Å². The molecule has 0 saturated carbocycles. The van der Waals surface area contributed by atoms with E-state index in [0.717, 1.165) is 12.1 Å². The largest absolute Gasteiger partial charge is 0.394 e. The van der Waals surface area contributed by atoms with E-state index in [1.165, 1.54) is 26.0 Å². The summed E-state index contributed by atoms with van der Waals surface area (Å²) in [5, 5.41) is 11.9. The number of benzene rings is 2. The van der Waals surface area contributed by atoms with Crippen LogP contribution in [0.3, 0.4) is 0 Å². The fourth-order valence-corrected chi connectivity index (χ4v) is 3.86. The quantitative estimate of drug-likeness (QED) is 0.660. The lowest BCUT2D eigenvalue weighted by Crippen LogP contribution is -2.56. The molecule has 1 heterocycles. The van der Waals surface area contributed by atoms with Crippen molar-refractivity contribution in [3.8, 4) is 0 Å². The summed E-state index contributed by atoms with van der Waals surface area (Å²) in [5.74, 6) is -9.18. The van der Waals surface area contributed by atoms with Gasteiger partial charge in [0.15, 0.2) is 0 Å². The number of halogens is 4. The summed E-state index contributed by atoms with van der Waals surface area (Å²) in [7, 11) is 0. The van der Waals surface area contributed by atoms with Gasteiger partial charge in [-0.25, -0.2) is 8.78 Å². The highest BCUT2D eigenvalue weighted by Gasteiger charge is 2.50. The number of nitrogens with zero attached hydrogens (tertiary/aromatic N) is 1. The van der Waals surface area contributed by atoms with Crippen LogP contribution in [0, 0.1) is 18.6 Å². The zero-order valence-corrected chi connectivity index (χ0v) is 17.9. The number of carbonyl (C=O) groups excluding carboxylic acids is 3. The summed E-state index contributed by atoms with van der Waals surface area (Å²) in [6.07, 6.45) is -0.453. The fraction of sp³-hybridized carbons (Fsp3) is 0.348. The van der Waals surface area contributed by atoms with Gasteiger partial charge in [0.05, 0.1) is 18.2 Å². The monoisotopic (exact) mass is 466 g/mol. The smallest absolute Gasteiger partial charge is 0.352 e. The molecule has 1 aliphatic rings. The normalized spacial score (nSPS) is 18.9. The van der Waals surface area contributed by atoms with Crippen LogP contribution >= 0.6 is 0 Å². The van der Waals surface area contributed by atoms with Crippen LogP contribution in [0.2, 0.25) is 0 Å². The molecule has 10 heteroatoms. The summed E-state index contributed by atoms with van der Waals surface area (Å²) in [6.45, 7) is 2.15. The van der Waals surface area contributed by atoms with E-state index in [0.29, 0.717) is 17.0 Å². The number of nitrogens with one attached hydrogen (secondary N) is 1. The Morgan fingerprint density at radius 1 is 1.12 bits per heavy atom. The number of amides is 2. The number of aryl methyl sites for hydroxylation is 1. The number of hydrogen-bond donors (Lipinski definition) is 2. The Kier molecular flexibility index (Phi) is 6.87. The van der Waals surface area contributed by atoms with Crippen molar-refractivity contribution in [1.29, 1.82) is 0 Å². The molecule has 1 fully saturated rings. The lowest BCUT2D eigenvalue weighted by molar-refractivity contribution is -0.168. The van der Waals surface area contributed by atoms with Gasteiger partial charge in [0.25, 0.3) is 11.8 Å². The van der Waals surface area contributed by atoms with Gasteiger partial charge < -0.3 is 15.3 Å². The summed E-state index contributed by atoms with van der Waals surface area (Å²) >= 11 is 0. The Balaban J connectivity index is 1.90. The van der Waals surface area contributed by atoms with Crippen LogP contribution in [0.4, 0.5) is 23.2 Å². The molecule has 0 bridgehead atoms. The summed E-state index contributed by atoms with van der Waals surface area (Å²) in [6, 6.07) is 3.86. The first kappa shape index (κ1) is 24.4. The third-order valence-electron chi connectivity index (χ3n) is 5.55. The van der Waals surface area contributed by atoms with E-state index < -0.39 is 53.6 Å². The number of aliphatic hydroxyl groups is 1. The molecule has 1 saturated heterocycles. The fourth-order valence-electron chi connectivity index (χ4n) is 3.86. The number of hydrogen-bond acceptors (Lipinski definition) is 4. The topological polar surface area (TPSA) is 86.7 Å². The predicted molar refractivity (Wildman–Crippen MR) is 111 cm³/mol. The number of Topliss-reactive ketones (excluding diaryl/α,β-unsaturated/α-hetero) is 1. The highest BCUT2D eigenvalue weighted by Crippen LogP contribution is 2.36. The second-order valence-corrected chi connectivity index (χ2v) is 8.03. The molecule has 0 spiro atoms. The van der Waals surface area contributed by atoms with E-state index in [-0.39, 0.29) is 35.4 Å². The molecule has 2 atom stereocenters. The Labute approximate surface area is 187 Å². The van der Waals surface area contributed by atoms with Crippen molar-refractivity contribution in [3.63, 3.8) is 0 Å². The lowest BCUT2D eigenvalue weighted by Gasteiger charge is -2.40. The first-order chi connectivity index (χ1) is 15.4. The number of ketones is 1. The molecule has 176 valence electrons. The van der Waals surface area contributed by atoms with Gasteiger partial charge in [0.1, 0.15) is 17.4 Å². The van der Waals surface area contributed by atoms with E-state index in [1.54, 1.807) is 0 Å². The van der Waals surface area contributed by atoms with Gasteiger partial charge in [0.2, 0.25) is 0 Å². The molecular formula is C23H22F4N2O4. The zero-order chi connectivity index (χ0) is 24.5. The molecule has 0 unspecified atom stereocenters. The van der Waals surface area contributed by atoms with Crippen LogP contribution in [-0.4, -0.2) is 46.3 Å². The number of aliphatic hydroxyl groups excluding tert-OH is 1. The zero-order valence-electron chi connectivity index (χ0n) is 17.9. The van der Waals surface area contributed by atoms with Crippen LogP contribution in [-0.2, 0) is 15.5 Å². The Hall–Kier alpha value is -3.27. The minimum absolute atomic E-state index is 0.166. The van der Waals surface area contributed by atoms with Crippen molar-refractivity contribution >= 4 is 23.3 Å². The van der Waals surface area contributed by atoms with Gasteiger partial charge in [-0.3, -0.25) is 14.4 Å². The Morgan fingerprint density at radius 3 is 2.42 bits per heavy atom. The number of anilines is 1. The maximum atomic E-state index is 15.2. The minimum Gasteiger partial charge on any atom is -0.394 e. The SMILES string of the molecule is Cc1cc(NC(=O)c2ccc(F)c(C(F)(F)C(=O)N3[C@@H](CO)CC(=O)C[C@H]3C)c2)ccc1F. The maximum Gasteiger partial charge on any atom is 0.352 e. The van der Waals surface area contributed by atoms with Gasteiger partial charge in [-0.05, 0) is 55.8 Å². The van der Waals surface area contributed by atoms with Gasteiger partial charge >= 0.3 is 5.92 Å². The molecule has 6 nitrogen and oxygen atoms in total. The van der Waals surface area contributed by atoms with Gasteiger partial charge in [-0.1, -0.05) is 0 Å². The van der Waals surface area contributed by atoms with E-state index in [1.807, 2.05) is 0 Å². The first-order valence-electron chi connectivity index (χ1n) is 10.2. The third-order valence-corrected chi connectivity index (χ3v) is 5.55. The minimum atomic E-state index is -4.37. The number of piperidine rings is 1. The van der Waals surface area contributed by atoms with Gasteiger partial charge in [-0.15, -0.1) is 0 Å². The van der Waals surface area contributed by atoms with Crippen LogP contribution in [0.5, 0.6) is 0 Å². The molecular weight excluding hydrogens is 444 g/mol. The first-order valence-corrected chi connectivity index (χ1v) is 10.2. The molecule has 2 aromatic carbocycles. The summed E-state index contributed by atoms with van der Waals surface area (Å²) in [4.78, 5) is 37.7. The van der Waals surface area contributed by atoms with Crippen molar-refractivity contribution in [3.05, 3.63) is 64.7 Å². The molecule has 0 radical (unpaired) electrons. The second kappa shape index (κ2) is 9.30. The molecule has 1 aliphatic heterocycles. The molecule has 2 aromatic rings.